The standard InChI is InChI=1S/C20H28N2O4/c1-25-17-11-15(12-18(13-17)26-2)20(24)22-9-7-14(8-10-22)19(23)21-16-5-3-4-6-16/h11-14,16H,3-10H2,1-2H3,(H,21,23). The first-order chi connectivity index (χ1) is 12.6. The number of piperidine rings is 1. The van der Waals surface area contributed by atoms with Crippen molar-refractivity contribution in [2.45, 2.75) is 44.6 Å². The molecule has 142 valence electrons. The van der Waals surface area contributed by atoms with Crippen LogP contribution in [0.2, 0.25) is 0 Å². The van der Waals surface area contributed by atoms with Gasteiger partial charge in [0.15, 0.2) is 0 Å². The number of nitrogens with zero attached hydrogens (tertiary/aromatic N) is 1. The van der Waals surface area contributed by atoms with Gasteiger partial charge in [-0.15, -0.1) is 0 Å². The molecule has 6 heteroatoms. The summed E-state index contributed by atoms with van der Waals surface area (Å²) in [5.74, 6) is 1.32. The molecule has 1 heterocycles. The van der Waals surface area contributed by atoms with Crippen molar-refractivity contribution in [1.29, 1.82) is 0 Å². The van der Waals surface area contributed by atoms with Crippen LogP contribution < -0.4 is 14.8 Å². The lowest BCUT2D eigenvalue weighted by molar-refractivity contribution is -0.127. The molecule has 2 fully saturated rings. The number of carbonyl (C=O) groups excluding carboxylic acids is 2. The van der Waals surface area contributed by atoms with Crippen molar-refractivity contribution in [3.05, 3.63) is 23.8 Å². The monoisotopic (exact) mass is 360 g/mol. The fourth-order valence-electron chi connectivity index (χ4n) is 3.85. The predicted molar refractivity (Wildman–Crippen MR) is 98.6 cm³/mol. The molecule has 1 aliphatic heterocycles. The van der Waals surface area contributed by atoms with Crippen molar-refractivity contribution < 1.29 is 19.1 Å². The van der Waals surface area contributed by atoms with Gasteiger partial charge in [0.25, 0.3) is 5.91 Å². The molecule has 1 aromatic rings. The van der Waals surface area contributed by atoms with Gasteiger partial charge in [0.2, 0.25) is 5.91 Å². The number of rotatable bonds is 5. The van der Waals surface area contributed by atoms with E-state index in [1.165, 1.54) is 12.8 Å². The summed E-state index contributed by atoms with van der Waals surface area (Å²) in [6, 6.07) is 5.55. The fourth-order valence-corrected chi connectivity index (χ4v) is 3.85. The van der Waals surface area contributed by atoms with Crippen molar-refractivity contribution >= 4 is 11.8 Å². The smallest absolute Gasteiger partial charge is 0.254 e. The van der Waals surface area contributed by atoms with Crippen LogP contribution in [0.15, 0.2) is 18.2 Å². The lowest BCUT2D eigenvalue weighted by Crippen LogP contribution is -2.44. The van der Waals surface area contributed by atoms with E-state index in [4.69, 9.17) is 9.47 Å². The van der Waals surface area contributed by atoms with Gasteiger partial charge < -0.3 is 19.7 Å². The maximum absolute atomic E-state index is 12.8. The molecule has 3 rings (SSSR count). The molecule has 0 radical (unpaired) electrons. The molecule has 0 atom stereocenters. The quantitative estimate of drug-likeness (QED) is 0.876. The van der Waals surface area contributed by atoms with E-state index in [1.807, 2.05) is 4.90 Å². The predicted octanol–water partition coefficient (Wildman–Crippen LogP) is 2.61. The number of nitrogens with one attached hydrogen (secondary N) is 1. The Morgan fingerprint density at radius 2 is 1.54 bits per heavy atom. The van der Waals surface area contributed by atoms with E-state index >= 15 is 0 Å². The number of methoxy groups -OCH3 is 2. The van der Waals surface area contributed by atoms with E-state index in [0.29, 0.717) is 49.0 Å². The first-order valence-electron chi connectivity index (χ1n) is 9.43. The third kappa shape index (κ3) is 4.29. The molecule has 1 N–H and O–H groups in total. The molecular formula is C20H28N2O4. The molecule has 2 aliphatic rings. The zero-order chi connectivity index (χ0) is 18.5. The molecule has 2 amide bonds. The van der Waals surface area contributed by atoms with Crippen molar-refractivity contribution in [3.63, 3.8) is 0 Å². The second kappa shape index (κ2) is 8.43. The zero-order valence-corrected chi connectivity index (χ0v) is 15.6. The highest BCUT2D eigenvalue weighted by Crippen LogP contribution is 2.26. The van der Waals surface area contributed by atoms with Crippen LogP contribution in [0.4, 0.5) is 0 Å². The van der Waals surface area contributed by atoms with Gasteiger partial charge in [-0.3, -0.25) is 9.59 Å². The Morgan fingerprint density at radius 3 is 2.08 bits per heavy atom. The number of likely N-dealkylation sites (tertiary alicyclic amines) is 1. The topological polar surface area (TPSA) is 67.9 Å². The van der Waals surface area contributed by atoms with Crippen LogP contribution in [0.3, 0.4) is 0 Å². The number of ether oxygens (including phenoxy) is 2. The largest absolute Gasteiger partial charge is 0.497 e. The molecule has 26 heavy (non-hydrogen) atoms. The van der Waals surface area contributed by atoms with Crippen LogP contribution in [0.25, 0.3) is 0 Å². The summed E-state index contributed by atoms with van der Waals surface area (Å²) in [6.45, 7) is 1.20. The lowest BCUT2D eigenvalue weighted by atomic mass is 9.95. The fraction of sp³-hybridized carbons (Fsp3) is 0.600. The summed E-state index contributed by atoms with van der Waals surface area (Å²) < 4.78 is 10.5. The molecule has 0 unspecified atom stereocenters. The number of hydrogen-bond donors (Lipinski definition) is 1. The van der Waals surface area contributed by atoms with E-state index in [2.05, 4.69) is 5.32 Å². The number of hydrogen-bond acceptors (Lipinski definition) is 4. The Hall–Kier alpha value is -2.24. The molecular weight excluding hydrogens is 332 g/mol. The van der Waals surface area contributed by atoms with Crippen molar-refractivity contribution in [2.75, 3.05) is 27.3 Å². The zero-order valence-electron chi connectivity index (χ0n) is 15.6. The third-order valence-corrected chi connectivity index (χ3v) is 5.45. The summed E-state index contributed by atoms with van der Waals surface area (Å²) in [5, 5.41) is 3.18. The molecule has 1 aliphatic carbocycles. The van der Waals surface area contributed by atoms with Gasteiger partial charge in [0.05, 0.1) is 14.2 Å². The van der Waals surface area contributed by atoms with E-state index in [0.717, 1.165) is 12.8 Å². The normalized spacial score (nSPS) is 18.6. The lowest BCUT2D eigenvalue weighted by Gasteiger charge is -2.32. The Morgan fingerprint density at radius 1 is 0.962 bits per heavy atom. The Balaban J connectivity index is 1.57. The van der Waals surface area contributed by atoms with Gasteiger partial charge in [-0.05, 0) is 37.8 Å². The number of amides is 2. The second-order valence-corrected chi connectivity index (χ2v) is 7.16. The highest BCUT2D eigenvalue weighted by atomic mass is 16.5. The Labute approximate surface area is 154 Å². The average molecular weight is 360 g/mol. The van der Waals surface area contributed by atoms with E-state index in [-0.39, 0.29) is 17.7 Å². The van der Waals surface area contributed by atoms with Crippen LogP contribution in [0, 0.1) is 5.92 Å². The Bertz CT molecular complexity index is 625. The molecule has 1 aromatic carbocycles. The van der Waals surface area contributed by atoms with Gasteiger partial charge in [0, 0.05) is 36.7 Å². The van der Waals surface area contributed by atoms with Crippen molar-refractivity contribution in [3.8, 4) is 11.5 Å². The molecule has 0 bridgehead atoms. The van der Waals surface area contributed by atoms with Crippen LogP contribution in [0.5, 0.6) is 11.5 Å². The summed E-state index contributed by atoms with van der Waals surface area (Å²) in [4.78, 5) is 27.0. The van der Waals surface area contributed by atoms with Crippen molar-refractivity contribution in [2.24, 2.45) is 5.92 Å². The van der Waals surface area contributed by atoms with Gasteiger partial charge in [-0.25, -0.2) is 0 Å². The minimum absolute atomic E-state index is 0.0134. The Kier molecular flexibility index (Phi) is 6.01. The van der Waals surface area contributed by atoms with Crippen LogP contribution >= 0.6 is 0 Å². The van der Waals surface area contributed by atoms with E-state index < -0.39 is 0 Å². The highest BCUT2D eigenvalue weighted by molar-refractivity contribution is 5.95. The van der Waals surface area contributed by atoms with Crippen LogP contribution in [0.1, 0.15) is 48.9 Å². The number of benzene rings is 1. The van der Waals surface area contributed by atoms with E-state index in [1.54, 1.807) is 32.4 Å². The van der Waals surface area contributed by atoms with Gasteiger partial charge in [-0.1, -0.05) is 12.8 Å². The van der Waals surface area contributed by atoms with Gasteiger partial charge >= 0.3 is 0 Å². The van der Waals surface area contributed by atoms with E-state index in [9.17, 15) is 9.59 Å². The van der Waals surface area contributed by atoms with Gasteiger partial charge in [0.1, 0.15) is 11.5 Å². The second-order valence-electron chi connectivity index (χ2n) is 7.16. The third-order valence-electron chi connectivity index (χ3n) is 5.45. The summed E-state index contributed by atoms with van der Waals surface area (Å²) in [5.41, 5.74) is 0.551. The molecule has 0 aromatic heterocycles. The van der Waals surface area contributed by atoms with Gasteiger partial charge in [-0.2, -0.15) is 0 Å². The SMILES string of the molecule is COc1cc(OC)cc(C(=O)N2CCC(C(=O)NC3CCCC3)CC2)c1. The molecule has 6 nitrogen and oxygen atoms in total. The molecule has 1 saturated heterocycles. The average Bonchev–Trinajstić information content (AvgIpc) is 3.20. The van der Waals surface area contributed by atoms with Crippen molar-refractivity contribution in [1.82, 2.24) is 10.2 Å². The minimum Gasteiger partial charge on any atom is -0.497 e. The first-order valence-corrected chi connectivity index (χ1v) is 9.43. The first kappa shape index (κ1) is 18.5. The summed E-state index contributed by atoms with van der Waals surface area (Å²) in [6.07, 6.45) is 6.04. The highest BCUT2D eigenvalue weighted by Gasteiger charge is 2.29. The summed E-state index contributed by atoms with van der Waals surface area (Å²) in [7, 11) is 3.13. The van der Waals surface area contributed by atoms with Crippen LogP contribution in [-0.2, 0) is 4.79 Å². The maximum atomic E-state index is 12.8. The maximum Gasteiger partial charge on any atom is 0.254 e. The minimum atomic E-state index is -0.0446. The number of carbonyl (C=O) groups is 2. The molecule has 1 saturated carbocycles. The molecule has 0 spiro atoms. The summed E-state index contributed by atoms with van der Waals surface area (Å²) >= 11 is 0. The van der Waals surface area contributed by atoms with Crippen LogP contribution in [-0.4, -0.2) is 50.1 Å².